The third kappa shape index (κ3) is 2.49. The summed E-state index contributed by atoms with van der Waals surface area (Å²) in [5, 5.41) is 13.2. The van der Waals surface area contributed by atoms with Gasteiger partial charge in [-0.3, -0.25) is 9.69 Å². The number of imide groups is 1. The molecular weight excluding hydrogens is 311 g/mol. The highest BCUT2D eigenvalue weighted by Crippen LogP contribution is 2.42. The van der Waals surface area contributed by atoms with Gasteiger partial charge in [-0.1, -0.05) is 38.5 Å². The first kappa shape index (κ1) is 16.9. The number of halogens is 1. The van der Waals surface area contributed by atoms with Crippen molar-refractivity contribution >= 4 is 11.9 Å². The number of carbonyl (C=O) groups excluding carboxylic acids is 2. The number of aliphatic hydroxyl groups is 1. The van der Waals surface area contributed by atoms with Crippen LogP contribution in [0.25, 0.3) is 0 Å². The van der Waals surface area contributed by atoms with E-state index in [1.807, 2.05) is 13.8 Å². The van der Waals surface area contributed by atoms with Gasteiger partial charge in [0.25, 0.3) is 5.91 Å². The molecule has 0 radical (unpaired) electrons. The van der Waals surface area contributed by atoms with Crippen LogP contribution in [0.5, 0.6) is 0 Å². The molecule has 0 aromatic heterocycles. The Morgan fingerprint density at radius 3 is 2.54 bits per heavy atom. The summed E-state index contributed by atoms with van der Waals surface area (Å²) in [6, 6.07) is 5.34. The lowest BCUT2D eigenvalue weighted by Crippen LogP contribution is -2.58. The molecule has 0 unspecified atom stereocenters. The smallest absolute Gasteiger partial charge is 0.325 e. The molecule has 1 aromatic rings. The van der Waals surface area contributed by atoms with Gasteiger partial charge in [-0.2, -0.15) is 0 Å². The summed E-state index contributed by atoms with van der Waals surface area (Å²) in [4.78, 5) is 26.4. The maximum Gasteiger partial charge on any atom is 0.325 e. The zero-order valence-corrected chi connectivity index (χ0v) is 14.0. The van der Waals surface area contributed by atoms with Crippen molar-refractivity contribution in [2.45, 2.75) is 44.8 Å². The molecule has 1 spiro atoms. The quantitative estimate of drug-likeness (QED) is 0.835. The zero-order chi connectivity index (χ0) is 17.5. The molecule has 0 bridgehead atoms. The fourth-order valence-electron chi connectivity index (χ4n) is 4.14. The van der Waals surface area contributed by atoms with E-state index in [1.54, 1.807) is 6.07 Å². The van der Waals surface area contributed by atoms with E-state index in [0.717, 1.165) is 24.2 Å². The van der Waals surface area contributed by atoms with Crippen LogP contribution < -0.4 is 5.32 Å². The van der Waals surface area contributed by atoms with Crippen molar-refractivity contribution < 1.29 is 19.1 Å². The molecule has 3 rings (SSSR count). The Hall–Kier alpha value is -1.95. The molecule has 1 saturated carbocycles. The monoisotopic (exact) mass is 334 g/mol. The molecular formula is C18H23FN2O3. The molecule has 1 heterocycles. The average molecular weight is 334 g/mol. The maximum atomic E-state index is 13.8. The zero-order valence-electron chi connectivity index (χ0n) is 14.0. The minimum atomic E-state index is -1.25. The van der Waals surface area contributed by atoms with E-state index in [4.69, 9.17) is 0 Å². The topological polar surface area (TPSA) is 69.6 Å². The number of hydrogen-bond donors (Lipinski definition) is 2. The number of rotatable bonds is 3. The minimum Gasteiger partial charge on any atom is -0.386 e. The predicted molar refractivity (Wildman–Crippen MR) is 86.5 cm³/mol. The van der Waals surface area contributed by atoms with Crippen LogP contribution in [0.15, 0.2) is 24.3 Å². The number of nitrogens with zero attached hydrogens (tertiary/aromatic N) is 1. The second kappa shape index (κ2) is 6.16. The van der Waals surface area contributed by atoms with E-state index in [1.165, 1.54) is 18.2 Å². The van der Waals surface area contributed by atoms with E-state index in [-0.39, 0.29) is 29.9 Å². The van der Waals surface area contributed by atoms with Crippen molar-refractivity contribution in [3.63, 3.8) is 0 Å². The number of β-amino-alcohol motifs (C(OH)–C–C–N with tert-alkyl or cyclic N) is 1. The summed E-state index contributed by atoms with van der Waals surface area (Å²) >= 11 is 0. The van der Waals surface area contributed by atoms with Gasteiger partial charge >= 0.3 is 6.03 Å². The molecule has 1 aliphatic carbocycles. The normalized spacial score (nSPS) is 27.4. The Bertz CT molecular complexity index is 653. The Labute approximate surface area is 140 Å². The predicted octanol–water partition coefficient (Wildman–Crippen LogP) is 2.61. The Morgan fingerprint density at radius 2 is 1.92 bits per heavy atom. The molecule has 3 atom stereocenters. The van der Waals surface area contributed by atoms with E-state index in [9.17, 15) is 19.1 Å². The number of aliphatic hydroxyl groups excluding tert-OH is 1. The van der Waals surface area contributed by atoms with Crippen molar-refractivity contribution in [3.8, 4) is 0 Å². The number of amides is 3. The highest BCUT2D eigenvalue weighted by atomic mass is 19.1. The summed E-state index contributed by atoms with van der Waals surface area (Å²) in [5.74, 6) is -0.782. The molecule has 2 N–H and O–H groups in total. The van der Waals surface area contributed by atoms with E-state index >= 15 is 0 Å². The summed E-state index contributed by atoms with van der Waals surface area (Å²) in [6.07, 6.45) is 1.54. The summed E-state index contributed by atoms with van der Waals surface area (Å²) in [7, 11) is 0. The first-order valence-corrected chi connectivity index (χ1v) is 8.44. The van der Waals surface area contributed by atoms with Crippen molar-refractivity contribution in [2.24, 2.45) is 11.8 Å². The van der Waals surface area contributed by atoms with Crippen molar-refractivity contribution in [3.05, 3.63) is 35.6 Å². The molecule has 1 aromatic carbocycles. The van der Waals surface area contributed by atoms with E-state index in [0.29, 0.717) is 0 Å². The highest BCUT2D eigenvalue weighted by Gasteiger charge is 2.58. The molecule has 2 fully saturated rings. The SMILES string of the molecule is C[C@@H]1CCC[C@@H](C)C12NC(=O)N(C[C@@H](O)c1ccccc1F)C2=O. The van der Waals surface area contributed by atoms with Crippen LogP contribution in [0, 0.1) is 17.7 Å². The Balaban J connectivity index is 1.84. The molecule has 3 amide bonds. The van der Waals surface area contributed by atoms with Gasteiger partial charge in [-0.05, 0) is 30.7 Å². The molecule has 2 aliphatic rings. The van der Waals surface area contributed by atoms with Gasteiger partial charge in [0, 0.05) is 5.56 Å². The lowest BCUT2D eigenvalue weighted by molar-refractivity contribution is -0.137. The summed E-state index contributed by atoms with van der Waals surface area (Å²) in [6.45, 7) is 3.71. The molecule has 24 heavy (non-hydrogen) atoms. The minimum absolute atomic E-state index is 0.0355. The first-order chi connectivity index (χ1) is 11.4. The number of urea groups is 1. The van der Waals surface area contributed by atoms with Crippen LogP contribution in [0.4, 0.5) is 9.18 Å². The highest BCUT2D eigenvalue weighted by molar-refractivity contribution is 6.07. The fourth-order valence-corrected chi connectivity index (χ4v) is 4.14. The van der Waals surface area contributed by atoms with Gasteiger partial charge < -0.3 is 10.4 Å². The van der Waals surface area contributed by atoms with Crippen molar-refractivity contribution in [1.82, 2.24) is 10.2 Å². The Morgan fingerprint density at radius 1 is 1.29 bits per heavy atom. The van der Waals surface area contributed by atoms with Crippen molar-refractivity contribution in [2.75, 3.05) is 6.54 Å². The van der Waals surface area contributed by atoms with Crippen LogP contribution in [-0.4, -0.2) is 34.0 Å². The molecule has 130 valence electrons. The van der Waals surface area contributed by atoms with Crippen LogP contribution in [0.3, 0.4) is 0 Å². The molecule has 6 heteroatoms. The number of benzene rings is 1. The third-order valence-electron chi connectivity index (χ3n) is 5.61. The van der Waals surface area contributed by atoms with Gasteiger partial charge in [0.1, 0.15) is 11.4 Å². The van der Waals surface area contributed by atoms with Gasteiger partial charge in [-0.15, -0.1) is 0 Å². The number of carbonyl (C=O) groups is 2. The lowest BCUT2D eigenvalue weighted by atomic mass is 9.67. The largest absolute Gasteiger partial charge is 0.386 e. The van der Waals surface area contributed by atoms with Gasteiger partial charge in [-0.25, -0.2) is 9.18 Å². The van der Waals surface area contributed by atoms with Crippen LogP contribution in [0.1, 0.15) is 44.8 Å². The molecule has 1 aliphatic heterocycles. The second-order valence-electron chi connectivity index (χ2n) is 6.99. The number of nitrogens with one attached hydrogen (secondary N) is 1. The summed E-state index contributed by atoms with van der Waals surface area (Å²) in [5.41, 5.74) is -0.812. The molecule has 1 saturated heterocycles. The summed E-state index contributed by atoms with van der Waals surface area (Å²) < 4.78 is 13.8. The Kier molecular flexibility index (Phi) is 4.34. The average Bonchev–Trinajstić information content (AvgIpc) is 2.79. The van der Waals surface area contributed by atoms with Crippen LogP contribution in [0.2, 0.25) is 0 Å². The third-order valence-corrected chi connectivity index (χ3v) is 5.61. The van der Waals surface area contributed by atoms with Crippen LogP contribution >= 0.6 is 0 Å². The first-order valence-electron chi connectivity index (χ1n) is 8.44. The van der Waals surface area contributed by atoms with Crippen LogP contribution in [-0.2, 0) is 4.79 Å². The van der Waals surface area contributed by atoms with Crippen molar-refractivity contribution in [1.29, 1.82) is 0 Å². The van der Waals surface area contributed by atoms with Gasteiger partial charge in [0.05, 0.1) is 12.6 Å². The second-order valence-corrected chi connectivity index (χ2v) is 6.99. The number of hydrogen-bond acceptors (Lipinski definition) is 3. The van der Waals surface area contributed by atoms with Gasteiger partial charge in [0.2, 0.25) is 0 Å². The maximum absolute atomic E-state index is 13.8. The fraction of sp³-hybridized carbons (Fsp3) is 0.556. The lowest BCUT2D eigenvalue weighted by Gasteiger charge is -2.42. The molecule has 5 nitrogen and oxygen atoms in total. The standard InChI is InChI=1S/C18H23FN2O3/c1-11-6-5-7-12(2)18(11)16(23)21(17(24)20-18)10-15(22)13-8-3-4-9-14(13)19/h3-4,8-9,11-12,15,22H,5-7,10H2,1-2H3,(H,20,24)/t11-,12-,15-/m1/s1. The van der Waals surface area contributed by atoms with E-state index in [2.05, 4.69) is 5.32 Å². The van der Waals surface area contributed by atoms with Gasteiger partial charge in [0.15, 0.2) is 0 Å². The van der Waals surface area contributed by atoms with E-state index < -0.39 is 23.5 Å².